The van der Waals surface area contributed by atoms with E-state index in [9.17, 15) is 24.3 Å². The number of carbonyl (C=O) groups is 3. The van der Waals surface area contributed by atoms with E-state index in [2.05, 4.69) is 11.6 Å². The molecule has 41 heavy (non-hydrogen) atoms. The highest BCUT2D eigenvalue weighted by Crippen LogP contribution is 2.38. The molecule has 0 saturated carbocycles. The molecule has 0 spiro atoms. The summed E-state index contributed by atoms with van der Waals surface area (Å²) in [6.07, 6.45) is -0.863. The average Bonchev–Trinajstić information content (AvgIpc) is 3.32. The van der Waals surface area contributed by atoms with Crippen molar-refractivity contribution in [3.63, 3.8) is 0 Å². The fourth-order valence-corrected chi connectivity index (χ4v) is 4.44. The lowest BCUT2D eigenvalue weighted by atomic mass is 9.99. The Morgan fingerprint density at radius 2 is 1.85 bits per heavy atom. The largest absolute Gasteiger partial charge is 0.489 e. The Balaban J connectivity index is 0.00000111. The van der Waals surface area contributed by atoms with Crippen molar-refractivity contribution >= 4 is 29.1 Å². The number of fused-ring (bicyclic) bond motifs is 5. The summed E-state index contributed by atoms with van der Waals surface area (Å²) in [6, 6.07) is 6.51. The van der Waals surface area contributed by atoms with Crippen LogP contribution in [-0.4, -0.2) is 45.1 Å². The second-order valence-corrected chi connectivity index (χ2v) is 9.91. The zero-order chi connectivity index (χ0) is 30.6. The third kappa shape index (κ3) is 6.07. The molecule has 0 radical (unpaired) electrons. The molecule has 3 aromatic rings. The molecule has 10 nitrogen and oxygen atoms in total. The van der Waals surface area contributed by atoms with E-state index in [1.165, 1.54) is 4.57 Å². The molecule has 0 amide bonds. The van der Waals surface area contributed by atoms with Gasteiger partial charge in [-0.25, -0.2) is 14.6 Å². The molecule has 218 valence electrons. The zero-order valence-corrected chi connectivity index (χ0v) is 24.5. The second-order valence-electron chi connectivity index (χ2n) is 9.91. The van der Waals surface area contributed by atoms with Crippen LogP contribution in [0.1, 0.15) is 81.6 Å². The number of ether oxygens (including phenoxy) is 3. The summed E-state index contributed by atoms with van der Waals surface area (Å²) in [5.41, 5.74) is 1.64. The summed E-state index contributed by atoms with van der Waals surface area (Å²) in [6.45, 7) is 16.7. The Bertz CT molecular complexity index is 1580. The number of hydrogen-bond donors (Lipinski definition) is 1. The predicted octanol–water partition coefficient (Wildman–Crippen LogP) is 4.66. The van der Waals surface area contributed by atoms with Gasteiger partial charge < -0.3 is 23.9 Å². The Kier molecular flexibility index (Phi) is 9.49. The minimum Gasteiger partial charge on any atom is -0.489 e. The summed E-state index contributed by atoms with van der Waals surface area (Å²) in [7, 11) is 0. The first-order valence-corrected chi connectivity index (χ1v) is 13.6. The van der Waals surface area contributed by atoms with Gasteiger partial charge in [0.1, 0.15) is 24.6 Å². The molecule has 0 saturated heterocycles. The van der Waals surface area contributed by atoms with Gasteiger partial charge in [-0.2, -0.15) is 0 Å². The highest BCUT2D eigenvalue weighted by molar-refractivity contribution is 6.01. The first-order valence-electron chi connectivity index (χ1n) is 13.6. The molecule has 4 heterocycles. The van der Waals surface area contributed by atoms with Gasteiger partial charge in [0, 0.05) is 22.1 Å². The number of aliphatic hydroxyl groups excluding tert-OH is 1. The van der Waals surface area contributed by atoms with Gasteiger partial charge in [-0.05, 0) is 45.0 Å². The molecule has 1 aromatic carbocycles. The summed E-state index contributed by atoms with van der Waals surface area (Å²) in [5.74, 6) is -0.995. The molecule has 2 aliphatic rings. The number of aromatic nitrogens is 2. The van der Waals surface area contributed by atoms with E-state index in [1.807, 2.05) is 27.7 Å². The van der Waals surface area contributed by atoms with Crippen molar-refractivity contribution in [3.8, 4) is 17.1 Å². The molecule has 2 aliphatic heterocycles. The first kappa shape index (κ1) is 31.2. The lowest BCUT2D eigenvalue weighted by molar-refractivity contribution is -0.157. The van der Waals surface area contributed by atoms with Crippen LogP contribution >= 0.6 is 0 Å². The van der Waals surface area contributed by atoms with Crippen LogP contribution in [0, 0.1) is 0 Å². The van der Waals surface area contributed by atoms with Gasteiger partial charge >= 0.3 is 11.9 Å². The van der Waals surface area contributed by atoms with Crippen molar-refractivity contribution in [2.45, 2.75) is 73.3 Å². The predicted molar refractivity (Wildman–Crippen MR) is 154 cm³/mol. The van der Waals surface area contributed by atoms with E-state index in [4.69, 9.17) is 14.2 Å². The quantitative estimate of drug-likeness (QED) is 0.209. The van der Waals surface area contributed by atoms with Crippen molar-refractivity contribution in [1.82, 2.24) is 9.55 Å². The SMILES string of the molecule is C=C(COc1ccc2nc3c(c(C=O)c2c1)Cn1c-3cc2c(c1=O)COC(=O)C2O)C(=O)OC(C)(C)C.CC.CC. The number of aliphatic hydroxyl groups is 1. The topological polar surface area (TPSA) is 134 Å². The number of cyclic esters (lactones) is 1. The van der Waals surface area contributed by atoms with Crippen molar-refractivity contribution in [1.29, 1.82) is 0 Å². The number of rotatable bonds is 5. The van der Waals surface area contributed by atoms with Gasteiger partial charge in [0.25, 0.3) is 5.56 Å². The Morgan fingerprint density at radius 1 is 1.17 bits per heavy atom. The standard InChI is InChI=1S/C27H24N2O8.2C2H6/c1-13(25(33)37-27(2,3)4)11-35-14-5-6-20-15(7-14)18(10-30)17-9-29-21(22(17)28-20)8-16-19(24(29)32)12-36-26(34)23(16)31;2*1-2/h5-8,10,23,31H,1,9,11-12H2,2-4H3;2*1-2H3. The van der Waals surface area contributed by atoms with Crippen LogP contribution in [0.15, 0.2) is 41.2 Å². The van der Waals surface area contributed by atoms with Crippen LogP contribution in [0.2, 0.25) is 0 Å². The maximum absolute atomic E-state index is 13.1. The maximum atomic E-state index is 13.1. The molecule has 0 aliphatic carbocycles. The normalized spacial score (nSPS) is 14.6. The molecule has 2 aromatic heterocycles. The van der Waals surface area contributed by atoms with E-state index in [1.54, 1.807) is 45.0 Å². The summed E-state index contributed by atoms with van der Waals surface area (Å²) >= 11 is 0. The number of pyridine rings is 2. The van der Waals surface area contributed by atoms with E-state index < -0.39 is 29.2 Å². The van der Waals surface area contributed by atoms with E-state index in [0.717, 1.165) is 0 Å². The lowest BCUT2D eigenvalue weighted by Crippen LogP contribution is -2.32. The summed E-state index contributed by atoms with van der Waals surface area (Å²) in [5, 5.41) is 10.8. The van der Waals surface area contributed by atoms with Crippen LogP contribution in [-0.2, 0) is 32.2 Å². The van der Waals surface area contributed by atoms with Crippen LogP contribution in [0.5, 0.6) is 5.75 Å². The summed E-state index contributed by atoms with van der Waals surface area (Å²) in [4.78, 5) is 54.0. The summed E-state index contributed by atoms with van der Waals surface area (Å²) < 4.78 is 17.4. The number of carbonyl (C=O) groups excluding carboxylic acids is 3. The number of benzene rings is 1. The average molecular weight is 565 g/mol. The van der Waals surface area contributed by atoms with Gasteiger partial charge in [-0.3, -0.25) is 9.59 Å². The van der Waals surface area contributed by atoms with Crippen LogP contribution in [0.4, 0.5) is 0 Å². The van der Waals surface area contributed by atoms with Gasteiger partial charge in [0.15, 0.2) is 12.4 Å². The van der Waals surface area contributed by atoms with E-state index in [0.29, 0.717) is 45.5 Å². The number of aldehydes is 1. The number of nitrogens with zero attached hydrogens (tertiary/aromatic N) is 2. The highest BCUT2D eigenvalue weighted by Gasteiger charge is 2.34. The third-order valence-corrected chi connectivity index (χ3v) is 6.19. The molecule has 0 bridgehead atoms. The van der Waals surface area contributed by atoms with Gasteiger partial charge in [0.05, 0.1) is 34.6 Å². The Labute approximate surface area is 238 Å². The molecule has 1 atom stereocenters. The van der Waals surface area contributed by atoms with Crippen LogP contribution in [0.25, 0.3) is 22.3 Å². The molecule has 1 unspecified atom stereocenters. The van der Waals surface area contributed by atoms with E-state index >= 15 is 0 Å². The molecule has 0 fully saturated rings. The highest BCUT2D eigenvalue weighted by atomic mass is 16.6. The monoisotopic (exact) mass is 564 g/mol. The number of esters is 2. The van der Waals surface area contributed by atoms with Crippen LogP contribution < -0.4 is 10.3 Å². The lowest BCUT2D eigenvalue weighted by Gasteiger charge is -2.21. The van der Waals surface area contributed by atoms with Crippen molar-refractivity contribution in [2.24, 2.45) is 0 Å². The van der Waals surface area contributed by atoms with Gasteiger partial charge in [-0.15, -0.1) is 0 Å². The fourth-order valence-electron chi connectivity index (χ4n) is 4.44. The minimum absolute atomic E-state index is 0.0956. The third-order valence-electron chi connectivity index (χ3n) is 6.19. The maximum Gasteiger partial charge on any atom is 0.340 e. The molecule has 5 rings (SSSR count). The molecule has 1 N–H and O–H groups in total. The number of hydrogen-bond acceptors (Lipinski definition) is 9. The second kappa shape index (κ2) is 12.5. The fraction of sp³-hybridized carbons (Fsp3) is 0.387. The van der Waals surface area contributed by atoms with Crippen molar-refractivity contribution in [3.05, 3.63) is 69.0 Å². The van der Waals surface area contributed by atoms with Crippen LogP contribution in [0.3, 0.4) is 0 Å². The van der Waals surface area contributed by atoms with Gasteiger partial charge in [-0.1, -0.05) is 34.3 Å². The Morgan fingerprint density at radius 3 is 2.49 bits per heavy atom. The first-order chi connectivity index (χ1) is 19.5. The smallest absolute Gasteiger partial charge is 0.340 e. The minimum atomic E-state index is -1.56. The molecular formula is C31H36N2O8. The molecule has 10 heteroatoms. The Hall–Kier alpha value is -4.31. The van der Waals surface area contributed by atoms with Crippen molar-refractivity contribution < 1.29 is 33.7 Å². The van der Waals surface area contributed by atoms with E-state index in [-0.39, 0.29) is 36.5 Å². The molecular weight excluding hydrogens is 528 g/mol. The van der Waals surface area contributed by atoms with Gasteiger partial charge in [0.2, 0.25) is 0 Å². The zero-order valence-electron chi connectivity index (χ0n) is 24.5. The van der Waals surface area contributed by atoms with Crippen molar-refractivity contribution in [2.75, 3.05) is 6.61 Å².